The third-order valence-electron chi connectivity index (χ3n) is 2.72. The molecular weight excluding hydrogens is 176 g/mol. The Morgan fingerprint density at radius 3 is 2.86 bits per heavy atom. The number of Topliss-reactive ketones (excluding diaryl/α,β-unsaturated/α-hetero) is 1. The van der Waals surface area contributed by atoms with Gasteiger partial charge in [-0.2, -0.15) is 0 Å². The number of hydrogen-bond donors (Lipinski definition) is 0. The summed E-state index contributed by atoms with van der Waals surface area (Å²) in [6.45, 7) is 2.11. The fourth-order valence-corrected chi connectivity index (χ4v) is 2.01. The monoisotopic (exact) mass is 190 g/mol. The number of carbonyl (C=O) groups is 1. The van der Waals surface area contributed by atoms with Crippen molar-refractivity contribution < 1.29 is 9.53 Å². The van der Waals surface area contributed by atoms with Gasteiger partial charge in [-0.05, 0) is 36.1 Å². The van der Waals surface area contributed by atoms with E-state index >= 15 is 0 Å². The van der Waals surface area contributed by atoms with Gasteiger partial charge in [0.2, 0.25) is 0 Å². The molecule has 0 aliphatic heterocycles. The van der Waals surface area contributed by atoms with E-state index in [9.17, 15) is 4.79 Å². The second kappa shape index (κ2) is 3.45. The summed E-state index contributed by atoms with van der Waals surface area (Å²) >= 11 is 0. The van der Waals surface area contributed by atoms with Crippen LogP contribution in [-0.2, 0) is 6.42 Å². The fourth-order valence-electron chi connectivity index (χ4n) is 2.01. The summed E-state index contributed by atoms with van der Waals surface area (Å²) < 4.78 is 5.14. The van der Waals surface area contributed by atoms with Crippen molar-refractivity contribution >= 4 is 5.78 Å². The Bertz CT molecular complexity index is 369. The molecule has 0 saturated heterocycles. The smallest absolute Gasteiger partial charge is 0.163 e. The highest BCUT2D eigenvalue weighted by Crippen LogP contribution is 2.28. The zero-order valence-corrected chi connectivity index (χ0v) is 8.54. The van der Waals surface area contributed by atoms with Crippen LogP contribution >= 0.6 is 0 Å². The first-order valence-corrected chi connectivity index (χ1v) is 4.91. The van der Waals surface area contributed by atoms with Gasteiger partial charge in [0.25, 0.3) is 0 Å². The number of ether oxygens (including phenoxy) is 1. The topological polar surface area (TPSA) is 26.3 Å². The highest BCUT2D eigenvalue weighted by molar-refractivity contribution is 5.98. The average molecular weight is 190 g/mol. The molecule has 0 radical (unpaired) electrons. The van der Waals surface area contributed by atoms with E-state index in [1.807, 2.05) is 18.2 Å². The first kappa shape index (κ1) is 9.25. The molecule has 1 atom stereocenters. The molecule has 0 fully saturated rings. The van der Waals surface area contributed by atoms with Crippen molar-refractivity contribution in [3.05, 3.63) is 29.3 Å². The van der Waals surface area contributed by atoms with Crippen molar-refractivity contribution in [1.29, 1.82) is 0 Å². The molecule has 0 amide bonds. The molecule has 0 unspecified atom stereocenters. The summed E-state index contributed by atoms with van der Waals surface area (Å²) in [5.41, 5.74) is 2.01. The van der Waals surface area contributed by atoms with Gasteiger partial charge in [0.15, 0.2) is 5.78 Å². The van der Waals surface area contributed by atoms with E-state index in [0.29, 0.717) is 12.3 Å². The molecule has 1 aliphatic rings. The largest absolute Gasteiger partial charge is 0.497 e. The molecule has 74 valence electrons. The van der Waals surface area contributed by atoms with Crippen molar-refractivity contribution in [1.82, 2.24) is 0 Å². The molecule has 0 bridgehead atoms. The maximum absolute atomic E-state index is 11.7. The van der Waals surface area contributed by atoms with E-state index < -0.39 is 0 Å². The lowest BCUT2D eigenvalue weighted by atomic mass is 9.84. The maximum Gasteiger partial charge on any atom is 0.163 e. The highest BCUT2D eigenvalue weighted by Gasteiger charge is 2.22. The molecular formula is C12H14O2. The fraction of sp³-hybridized carbons (Fsp3) is 0.417. The summed E-state index contributed by atoms with van der Waals surface area (Å²) in [6, 6.07) is 5.71. The van der Waals surface area contributed by atoms with Crippen LogP contribution in [0.3, 0.4) is 0 Å². The standard InChI is InChI=1S/C12H14O2/c1-8-5-9-7-10(14-2)3-4-11(9)12(13)6-8/h3-4,7-8H,5-6H2,1-2H3/t8-/m0/s1. The first-order chi connectivity index (χ1) is 6.70. The minimum absolute atomic E-state index is 0.265. The molecule has 0 N–H and O–H groups in total. The zero-order valence-electron chi connectivity index (χ0n) is 8.54. The Morgan fingerprint density at radius 2 is 2.14 bits per heavy atom. The van der Waals surface area contributed by atoms with Crippen LogP contribution < -0.4 is 4.74 Å². The second-order valence-corrected chi connectivity index (χ2v) is 3.96. The van der Waals surface area contributed by atoms with Crippen LogP contribution in [0, 0.1) is 5.92 Å². The lowest BCUT2D eigenvalue weighted by Gasteiger charge is -2.20. The van der Waals surface area contributed by atoms with E-state index in [4.69, 9.17) is 4.74 Å². The molecule has 2 heteroatoms. The summed E-state index contributed by atoms with van der Waals surface area (Å²) in [4.78, 5) is 11.7. The number of benzene rings is 1. The number of ketones is 1. The Labute approximate surface area is 83.9 Å². The first-order valence-electron chi connectivity index (χ1n) is 4.91. The van der Waals surface area contributed by atoms with Gasteiger partial charge in [-0.3, -0.25) is 4.79 Å². The Kier molecular flexibility index (Phi) is 2.28. The molecule has 14 heavy (non-hydrogen) atoms. The van der Waals surface area contributed by atoms with Crippen molar-refractivity contribution in [2.45, 2.75) is 19.8 Å². The van der Waals surface area contributed by atoms with Gasteiger partial charge in [0, 0.05) is 12.0 Å². The summed E-state index contributed by atoms with van der Waals surface area (Å²) in [7, 11) is 1.65. The van der Waals surface area contributed by atoms with Gasteiger partial charge >= 0.3 is 0 Å². The van der Waals surface area contributed by atoms with Crippen molar-refractivity contribution in [3.8, 4) is 5.75 Å². The predicted molar refractivity (Wildman–Crippen MR) is 54.8 cm³/mol. The number of rotatable bonds is 1. The highest BCUT2D eigenvalue weighted by atomic mass is 16.5. The van der Waals surface area contributed by atoms with Gasteiger partial charge in [-0.25, -0.2) is 0 Å². The van der Waals surface area contributed by atoms with Crippen molar-refractivity contribution in [3.63, 3.8) is 0 Å². The molecule has 2 rings (SSSR count). The van der Waals surface area contributed by atoms with Crippen LogP contribution in [0.4, 0.5) is 0 Å². The molecule has 0 aromatic heterocycles. The minimum atomic E-state index is 0.265. The van der Waals surface area contributed by atoms with Crippen LogP contribution in [-0.4, -0.2) is 12.9 Å². The van der Waals surface area contributed by atoms with Crippen molar-refractivity contribution in [2.75, 3.05) is 7.11 Å². The van der Waals surface area contributed by atoms with Gasteiger partial charge < -0.3 is 4.74 Å². The van der Waals surface area contributed by atoms with Crippen LogP contribution in [0.2, 0.25) is 0 Å². The Morgan fingerprint density at radius 1 is 1.36 bits per heavy atom. The van der Waals surface area contributed by atoms with Gasteiger partial charge in [0.1, 0.15) is 5.75 Å². The molecule has 1 aromatic carbocycles. The van der Waals surface area contributed by atoms with E-state index in [2.05, 4.69) is 6.92 Å². The van der Waals surface area contributed by atoms with E-state index in [1.165, 1.54) is 0 Å². The number of carbonyl (C=O) groups excluding carboxylic acids is 1. The number of fused-ring (bicyclic) bond motifs is 1. The molecule has 2 nitrogen and oxygen atoms in total. The quantitative estimate of drug-likeness (QED) is 0.680. The third-order valence-corrected chi connectivity index (χ3v) is 2.72. The molecule has 1 aliphatic carbocycles. The molecule has 0 saturated carbocycles. The maximum atomic E-state index is 11.7. The molecule has 0 heterocycles. The van der Waals surface area contributed by atoms with Gasteiger partial charge in [0.05, 0.1) is 7.11 Å². The lowest BCUT2D eigenvalue weighted by Crippen LogP contribution is -2.17. The van der Waals surface area contributed by atoms with Crippen molar-refractivity contribution in [2.24, 2.45) is 5.92 Å². The van der Waals surface area contributed by atoms with Crippen LogP contribution in [0.15, 0.2) is 18.2 Å². The molecule has 1 aromatic rings. The van der Waals surface area contributed by atoms with Crippen LogP contribution in [0.5, 0.6) is 5.75 Å². The number of hydrogen-bond acceptors (Lipinski definition) is 2. The minimum Gasteiger partial charge on any atom is -0.497 e. The second-order valence-electron chi connectivity index (χ2n) is 3.96. The van der Waals surface area contributed by atoms with Gasteiger partial charge in [-0.1, -0.05) is 6.92 Å². The lowest BCUT2D eigenvalue weighted by molar-refractivity contribution is 0.0953. The number of methoxy groups -OCH3 is 1. The average Bonchev–Trinajstić information content (AvgIpc) is 2.16. The van der Waals surface area contributed by atoms with E-state index in [1.54, 1.807) is 7.11 Å². The molecule has 0 spiro atoms. The van der Waals surface area contributed by atoms with Crippen LogP contribution in [0.25, 0.3) is 0 Å². The summed E-state index contributed by atoms with van der Waals surface area (Å²) in [5.74, 6) is 1.56. The third kappa shape index (κ3) is 1.52. The Hall–Kier alpha value is -1.31. The van der Waals surface area contributed by atoms with Gasteiger partial charge in [-0.15, -0.1) is 0 Å². The normalized spacial score (nSPS) is 20.4. The predicted octanol–water partition coefficient (Wildman–Crippen LogP) is 2.46. The van der Waals surface area contributed by atoms with Crippen LogP contribution in [0.1, 0.15) is 29.3 Å². The summed E-state index contributed by atoms with van der Waals surface area (Å²) in [5, 5.41) is 0. The SMILES string of the molecule is COc1ccc2c(c1)C[C@H](C)CC2=O. The zero-order chi connectivity index (χ0) is 10.1. The van der Waals surface area contributed by atoms with E-state index in [-0.39, 0.29) is 5.78 Å². The summed E-state index contributed by atoms with van der Waals surface area (Å²) in [6.07, 6.45) is 1.66. The Balaban J connectivity index is 2.44. The van der Waals surface area contributed by atoms with E-state index in [0.717, 1.165) is 23.3 Å².